The van der Waals surface area contributed by atoms with Crippen molar-refractivity contribution in [2.75, 3.05) is 16.3 Å². The number of alkyl halides is 3. The molecule has 0 saturated heterocycles. The molecule has 196 valence electrons. The number of pyridine rings is 1. The van der Waals surface area contributed by atoms with Crippen LogP contribution in [0.3, 0.4) is 0 Å². The molecule has 4 rings (SSSR count). The number of carbonyl (C=O) groups excluding carboxylic acids is 1. The van der Waals surface area contributed by atoms with Crippen molar-refractivity contribution >= 4 is 28.7 Å². The van der Waals surface area contributed by atoms with Crippen molar-refractivity contribution in [3.63, 3.8) is 0 Å². The maximum Gasteiger partial charge on any atom is 0.433 e. The molecule has 12 heteroatoms. The number of hydrogen-bond donors (Lipinski definition) is 2. The Labute approximate surface area is 213 Å². The SMILES string of the molecule is CC(C(=O)NCc1ccc(C(F)(F)F)nc1N1Cc2ccccc2C1)c1ccc(N(C)S(=O)O)c(F)c1. The lowest BCUT2D eigenvalue weighted by Gasteiger charge is -2.22. The molecule has 1 aromatic heterocycles. The number of rotatable bonds is 7. The van der Waals surface area contributed by atoms with Crippen molar-refractivity contribution in [2.45, 2.75) is 38.7 Å². The first-order valence-corrected chi connectivity index (χ1v) is 12.3. The number of fused-ring (bicyclic) bond motifs is 1. The first kappa shape index (κ1) is 26.6. The van der Waals surface area contributed by atoms with Crippen molar-refractivity contribution in [3.05, 3.63) is 88.4 Å². The number of nitrogens with zero attached hydrogens (tertiary/aromatic N) is 3. The van der Waals surface area contributed by atoms with Gasteiger partial charge in [-0.2, -0.15) is 13.2 Å². The molecule has 2 atom stereocenters. The van der Waals surface area contributed by atoms with E-state index in [0.29, 0.717) is 24.2 Å². The molecular weight excluding hydrogens is 512 g/mol. The fourth-order valence-corrected chi connectivity index (χ4v) is 4.46. The lowest BCUT2D eigenvalue weighted by molar-refractivity contribution is -0.141. The smallest absolute Gasteiger partial charge is 0.351 e. The molecule has 1 amide bonds. The minimum atomic E-state index is -4.62. The second kappa shape index (κ2) is 10.5. The molecule has 0 saturated carbocycles. The normalized spacial score (nSPS) is 14.7. The maximum atomic E-state index is 14.5. The molecule has 2 N–H and O–H groups in total. The molecule has 1 aliphatic heterocycles. The Hall–Kier alpha value is -3.51. The van der Waals surface area contributed by atoms with Gasteiger partial charge in [0.05, 0.1) is 11.6 Å². The van der Waals surface area contributed by atoms with Crippen LogP contribution in [0, 0.1) is 5.82 Å². The Kier molecular flexibility index (Phi) is 7.51. The minimum Gasteiger partial charge on any atom is -0.351 e. The summed E-state index contributed by atoms with van der Waals surface area (Å²) in [7, 11) is 1.25. The molecular formula is C25H24F4N4O3S. The van der Waals surface area contributed by atoms with Crippen LogP contribution in [0.15, 0.2) is 54.6 Å². The molecule has 37 heavy (non-hydrogen) atoms. The van der Waals surface area contributed by atoms with Gasteiger partial charge in [0.2, 0.25) is 5.91 Å². The average molecular weight is 537 g/mol. The van der Waals surface area contributed by atoms with Gasteiger partial charge in [-0.15, -0.1) is 0 Å². The molecule has 2 heterocycles. The van der Waals surface area contributed by atoms with Gasteiger partial charge in [0.25, 0.3) is 11.3 Å². The summed E-state index contributed by atoms with van der Waals surface area (Å²) in [6, 6.07) is 13.6. The van der Waals surface area contributed by atoms with Crippen LogP contribution in [-0.2, 0) is 41.9 Å². The summed E-state index contributed by atoms with van der Waals surface area (Å²) in [5.41, 5.74) is 1.60. The van der Waals surface area contributed by atoms with Gasteiger partial charge in [-0.1, -0.05) is 36.4 Å². The van der Waals surface area contributed by atoms with E-state index in [1.807, 2.05) is 24.3 Å². The second-order valence-corrected chi connectivity index (χ2v) is 9.69. The number of halogens is 4. The van der Waals surface area contributed by atoms with Gasteiger partial charge in [0.15, 0.2) is 0 Å². The third-order valence-electron chi connectivity index (χ3n) is 6.28. The van der Waals surface area contributed by atoms with Crippen LogP contribution in [-0.4, -0.2) is 26.7 Å². The topological polar surface area (TPSA) is 85.8 Å². The fraction of sp³-hybridized carbons (Fsp3) is 0.280. The molecule has 7 nitrogen and oxygen atoms in total. The van der Waals surface area contributed by atoms with Gasteiger partial charge in [-0.3, -0.25) is 13.7 Å². The largest absolute Gasteiger partial charge is 0.433 e. The summed E-state index contributed by atoms with van der Waals surface area (Å²) in [6.07, 6.45) is -4.62. The highest BCUT2D eigenvalue weighted by molar-refractivity contribution is 7.80. The van der Waals surface area contributed by atoms with Crippen LogP contribution >= 0.6 is 0 Å². The van der Waals surface area contributed by atoms with Gasteiger partial charge in [0, 0.05) is 32.2 Å². The number of carbonyl (C=O) groups is 1. The molecule has 2 unspecified atom stereocenters. The predicted octanol–water partition coefficient (Wildman–Crippen LogP) is 4.75. The summed E-state index contributed by atoms with van der Waals surface area (Å²) < 4.78 is 75.9. The third-order valence-corrected chi connectivity index (χ3v) is 6.94. The first-order valence-electron chi connectivity index (χ1n) is 11.3. The number of aromatic nitrogens is 1. The Morgan fingerprint density at radius 2 is 1.81 bits per heavy atom. The molecule has 3 aromatic rings. The summed E-state index contributed by atoms with van der Waals surface area (Å²) in [5.74, 6) is -1.91. The van der Waals surface area contributed by atoms with E-state index < -0.39 is 40.8 Å². The monoisotopic (exact) mass is 536 g/mol. The second-order valence-electron chi connectivity index (χ2n) is 8.68. The van der Waals surface area contributed by atoms with Crippen molar-refractivity contribution in [1.82, 2.24) is 10.3 Å². The predicted molar refractivity (Wildman–Crippen MR) is 131 cm³/mol. The van der Waals surface area contributed by atoms with E-state index in [-0.39, 0.29) is 18.1 Å². The molecule has 0 bridgehead atoms. The number of anilines is 2. The van der Waals surface area contributed by atoms with Gasteiger partial charge in [0.1, 0.15) is 17.3 Å². The summed E-state index contributed by atoms with van der Waals surface area (Å²) in [5, 5.41) is 2.71. The Morgan fingerprint density at radius 3 is 2.38 bits per heavy atom. The van der Waals surface area contributed by atoms with Gasteiger partial charge in [-0.05, 0) is 41.8 Å². The third kappa shape index (κ3) is 5.75. The van der Waals surface area contributed by atoms with Crippen LogP contribution in [0.2, 0.25) is 0 Å². The van der Waals surface area contributed by atoms with E-state index >= 15 is 0 Å². The lowest BCUT2D eigenvalue weighted by atomic mass is 9.99. The number of nitrogens with one attached hydrogen (secondary N) is 1. The highest BCUT2D eigenvalue weighted by Gasteiger charge is 2.34. The minimum absolute atomic E-state index is 0.0801. The van der Waals surface area contributed by atoms with E-state index in [1.54, 1.807) is 11.8 Å². The maximum absolute atomic E-state index is 14.5. The summed E-state index contributed by atoms with van der Waals surface area (Å²) in [6.45, 7) is 2.26. The zero-order chi connectivity index (χ0) is 26.9. The van der Waals surface area contributed by atoms with Crippen molar-refractivity contribution < 1.29 is 31.1 Å². The number of amides is 1. The highest BCUT2D eigenvalue weighted by atomic mass is 32.2. The molecule has 0 radical (unpaired) electrons. The highest BCUT2D eigenvalue weighted by Crippen LogP contribution is 2.34. The number of benzene rings is 2. The summed E-state index contributed by atoms with van der Waals surface area (Å²) >= 11 is -2.41. The van der Waals surface area contributed by atoms with Crippen LogP contribution in [0.5, 0.6) is 0 Å². The fourth-order valence-electron chi connectivity index (χ4n) is 4.15. The molecule has 0 fully saturated rings. The zero-order valence-corrected chi connectivity index (χ0v) is 20.7. The van der Waals surface area contributed by atoms with E-state index in [2.05, 4.69) is 10.3 Å². The van der Waals surface area contributed by atoms with Crippen LogP contribution in [0.25, 0.3) is 0 Å². The van der Waals surface area contributed by atoms with Gasteiger partial charge >= 0.3 is 6.18 Å². The standard InChI is InChI=1S/C25H24F4N4O3S/c1-15(16-7-9-21(20(26)11-16)32(2)37(35)36)24(34)30-12-17-8-10-22(25(27,28)29)31-23(17)33-13-18-5-3-4-6-19(18)14-33/h3-11,15H,12-14H2,1-2H3,(H,30,34)(H,35,36). The quantitative estimate of drug-likeness (QED) is 0.336. The molecule has 0 spiro atoms. The summed E-state index contributed by atoms with van der Waals surface area (Å²) in [4.78, 5) is 18.5. The molecule has 2 aromatic carbocycles. The van der Waals surface area contributed by atoms with E-state index in [0.717, 1.165) is 27.6 Å². The van der Waals surface area contributed by atoms with Crippen molar-refractivity contribution in [1.29, 1.82) is 0 Å². The molecule has 1 aliphatic rings. The van der Waals surface area contributed by atoms with Gasteiger partial charge < -0.3 is 10.2 Å². The zero-order valence-electron chi connectivity index (χ0n) is 19.9. The van der Waals surface area contributed by atoms with Gasteiger partial charge in [-0.25, -0.2) is 13.6 Å². The van der Waals surface area contributed by atoms with Crippen LogP contribution in [0.4, 0.5) is 29.1 Å². The van der Waals surface area contributed by atoms with E-state index in [4.69, 9.17) is 4.55 Å². The number of hydrogen-bond acceptors (Lipinski definition) is 4. The van der Waals surface area contributed by atoms with Crippen LogP contribution in [0.1, 0.15) is 40.8 Å². The molecule has 0 aliphatic carbocycles. The lowest BCUT2D eigenvalue weighted by Crippen LogP contribution is -2.29. The Bertz CT molecular complexity index is 1330. The first-order chi connectivity index (χ1) is 17.5. The van der Waals surface area contributed by atoms with Crippen LogP contribution < -0.4 is 14.5 Å². The average Bonchev–Trinajstić information content (AvgIpc) is 3.29. The van der Waals surface area contributed by atoms with Crippen molar-refractivity contribution in [3.8, 4) is 0 Å². The van der Waals surface area contributed by atoms with E-state index in [1.165, 1.54) is 25.2 Å². The Morgan fingerprint density at radius 1 is 1.16 bits per heavy atom. The van der Waals surface area contributed by atoms with E-state index in [9.17, 15) is 26.6 Å². The van der Waals surface area contributed by atoms with Crippen molar-refractivity contribution in [2.24, 2.45) is 0 Å². The Balaban J connectivity index is 1.52.